The van der Waals surface area contributed by atoms with Crippen molar-refractivity contribution in [3.05, 3.63) is 35.9 Å². The van der Waals surface area contributed by atoms with Crippen LogP contribution in [0, 0.1) is 11.8 Å². The van der Waals surface area contributed by atoms with E-state index >= 15 is 0 Å². The first-order chi connectivity index (χ1) is 13.2. The Hall–Kier alpha value is -1.84. The first kappa shape index (κ1) is 19.9. The van der Waals surface area contributed by atoms with Crippen LogP contribution in [0.25, 0.3) is 0 Å². The molecule has 1 N–H and O–H groups in total. The highest BCUT2D eigenvalue weighted by Gasteiger charge is 2.29. The summed E-state index contributed by atoms with van der Waals surface area (Å²) in [6, 6.07) is 10.4. The van der Waals surface area contributed by atoms with E-state index in [0.717, 1.165) is 38.3 Å². The number of carbonyl (C=O) groups is 2. The molecule has 0 spiro atoms. The Kier molecular flexibility index (Phi) is 7.73. The maximum atomic E-state index is 12.5. The molecule has 1 atom stereocenters. The molecule has 4 nitrogen and oxygen atoms in total. The highest BCUT2D eigenvalue weighted by atomic mass is 16.2. The molecule has 2 fully saturated rings. The molecule has 0 bridgehead atoms. The second kappa shape index (κ2) is 10.5. The standard InChI is InChI=1S/C23H34N2O2/c26-22-15-14-21(23(27)24-16-6-12-19-10-4-5-11-19)18-25(22)17-7-13-20-8-2-1-3-9-20/h1-3,8-9,19,21H,4-7,10-18H2,(H,24,27)/t21-/m1/s1. The van der Waals surface area contributed by atoms with E-state index in [2.05, 4.69) is 29.6 Å². The summed E-state index contributed by atoms with van der Waals surface area (Å²) in [7, 11) is 0. The summed E-state index contributed by atoms with van der Waals surface area (Å²) in [4.78, 5) is 26.6. The molecule has 1 aromatic rings. The summed E-state index contributed by atoms with van der Waals surface area (Å²) >= 11 is 0. The van der Waals surface area contributed by atoms with E-state index < -0.39 is 0 Å². The molecule has 0 aromatic heterocycles. The van der Waals surface area contributed by atoms with E-state index in [0.29, 0.717) is 19.4 Å². The minimum absolute atomic E-state index is 0.0362. The number of hydrogen-bond acceptors (Lipinski definition) is 2. The highest BCUT2D eigenvalue weighted by Crippen LogP contribution is 2.28. The summed E-state index contributed by atoms with van der Waals surface area (Å²) in [6.45, 7) is 2.12. The number of hydrogen-bond donors (Lipinski definition) is 1. The predicted octanol–water partition coefficient (Wildman–Crippen LogP) is 3.94. The van der Waals surface area contributed by atoms with Gasteiger partial charge in [-0.3, -0.25) is 9.59 Å². The monoisotopic (exact) mass is 370 g/mol. The number of nitrogens with one attached hydrogen (secondary N) is 1. The van der Waals surface area contributed by atoms with Gasteiger partial charge in [-0.2, -0.15) is 0 Å². The molecule has 0 radical (unpaired) electrons. The van der Waals surface area contributed by atoms with Gasteiger partial charge in [0.25, 0.3) is 0 Å². The summed E-state index contributed by atoms with van der Waals surface area (Å²) in [5.74, 6) is 1.19. The van der Waals surface area contributed by atoms with Gasteiger partial charge in [-0.1, -0.05) is 56.0 Å². The van der Waals surface area contributed by atoms with Crippen LogP contribution < -0.4 is 5.32 Å². The summed E-state index contributed by atoms with van der Waals surface area (Å²) < 4.78 is 0. The van der Waals surface area contributed by atoms with Crippen LogP contribution in [0.1, 0.15) is 63.4 Å². The first-order valence-corrected chi connectivity index (χ1v) is 10.8. The van der Waals surface area contributed by atoms with Crippen molar-refractivity contribution in [3.63, 3.8) is 0 Å². The van der Waals surface area contributed by atoms with Crippen molar-refractivity contribution in [2.75, 3.05) is 19.6 Å². The fourth-order valence-corrected chi connectivity index (χ4v) is 4.51. The Balaban J connectivity index is 1.35. The van der Waals surface area contributed by atoms with Crippen LogP contribution >= 0.6 is 0 Å². The second-order valence-electron chi connectivity index (χ2n) is 8.25. The minimum Gasteiger partial charge on any atom is -0.356 e. The van der Waals surface area contributed by atoms with E-state index in [-0.39, 0.29) is 17.7 Å². The Bertz CT molecular complexity index is 596. The van der Waals surface area contributed by atoms with E-state index in [1.165, 1.54) is 37.7 Å². The third-order valence-corrected chi connectivity index (χ3v) is 6.17. The summed E-state index contributed by atoms with van der Waals surface area (Å²) in [5.41, 5.74) is 1.30. The van der Waals surface area contributed by atoms with Gasteiger partial charge in [-0.15, -0.1) is 0 Å². The van der Waals surface area contributed by atoms with Gasteiger partial charge in [0.15, 0.2) is 0 Å². The number of benzene rings is 1. The van der Waals surface area contributed by atoms with Crippen molar-refractivity contribution >= 4 is 11.8 Å². The Morgan fingerprint density at radius 1 is 1.07 bits per heavy atom. The Labute approximate surface area is 163 Å². The van der Waals surface area contributed by atoms with Gasteiger partial charge < -0.3 is 10.2 Å². The molecule has 4 heteroatoms. The van der Waals surface area contributed by atoms with Crippen molar-refractivity contribution in [3.8, 4) is 0 Å². The van der Waals surface area contributed by atoms with Crippen LogP contribution in [0.4, 0.5) is 0 Å². The second-order valence-corrected chi connectivity index (χ2v) is 8.25. The minimum atomic E-state index is -0.0362. The van der Waals surface area contributed by atoms with E-state index in [4.69, 9.17) is 0 Å². The number of carbonyl (C=O) groups excluding carboxylic acids is 2. The topological polar surface area (TPSA) is 49.4 Å². The molecule has 1 saturated heterocycles. The van der Waals surface area contributed by atoms with Crippen LogP contribution in [-0.4, -0.2) is 36.3 Å². The van der Waals surface area contributed by atoms with Crippen LogP contribution in [0.3, 0.4) is 0 Å². The van der Waals surface area contributed by atoms with Gasteiger partial charge in [0.1, 0.15) is 0 Å². The fraction of sp³-hybridized carbons (Fsp3) is 0.652. The third kappa shape index (κ3) is 6.37. The smallest absolute Gasteiger partial charge is 0.224 e. The normalized spacial score (nSPS) is 20.8. The number of aryl methyl sites for hydroxylation is 1. The van der Waals surface area contributed by atoms with Crippen LogP contribution in [-0.2, 0) is 16.0 Å². The van der Waals surface area contributed by atoms with Gasteiger partial charge >= 0.3 is 0 Å². The van der Waals surface area contributed by atoms with E-state index in [1.807, 2.05) is 11.0 Å². The lowest BCUT2D eigenvalue weighted by Crippen LogP contribution is -2.46. The van der Waals surface area contributed by atoms with Gasteiger partial charge in [0, 0.05) is 26.1 Å². The lowest BCUT2D eigenvalue weighted by molar-refractivity contribution is -0.138. The first-order valence-electron chi connectivity index (χ1n) is 10.8. The number of rotatable bonds is 9. The van der Waals surface area contributed by atoms with Crippen molar-refractivity contribution in [2.24, 2.45) is 11.8 Å². The molecule has 1 saturated carbocycles. The Morgan fingerprint density at radius 2 is 1.85 bits per heavy atom. The zero-order valence-electron chi connectivity index (χ0n) is 16.5. The van der Waals surface area contributed by atoms with Gasteiger partial charge in [0.05, 0.1) is 5.92 Å². The number of likely N-dealkylation sites (tertiary alicyclic amines) is 1. The third-order valence-electron chi connectivity index (χ3n) is 6.17. The number of nitrogens with zero attached hydrogens (tertiary/aromatic N) is 1. The van der Waals surface area contributed by atoms with Crippen molar-refractivity contribution in [1.29, 1.82) is 0 Å². The lowest BCUT2D eigenvalue weighted by atomic mass is 9.96. The lowest BCUT2D eigenvalue weighted by Gasteiger charge is -2.32. The molecule has 1 aromatic carbocycles. The molecular formula is C23H34N2O2. The van der Waals surface area contributed by atoms with Crippen molar-refractivity contribution in [1.82, 2.24) is 10.2 Å². The van der Waals surface area contributed by atoms with Gasteiger partial charge in [-0.25, -0.2) is 0 Å². The number of amides is 2. The molecule has 2 aliphatic rings. The van der Waals surface area contributed by atoms with Crippen molar-refractivity contribution < 1.29 is 9.59 Å². The van der Waals surface area contributed by atoms with Gasteiger partial charge in [-0.05, 0) is 43.6 Å². The molecular weight excluding hydrogens is 336 g/mol. The van der Waals surface area contributed by atoms with Crippen LogP contribution in [0.5, 0.6) is 0 Å². The largest absolute Gasteiger partial charge is 0.356 e. The molecule has 2 amide bonds. The van der Waals surface area contributed by atoms with Crippen LogP contribution in [0.15, 0.2) is 30.3 Å². The summed E-state index contributed by atoms with van der Waals surface area (Å²) in [5, 5.41) is 3.12. The Morgan fingerprint density at radius 3 is 2.63 bits per heavy atom. The summed E-state index contributed by atoms with van der Waals surface area (Å²) in [6.07, 6.45) is 11.0. The molecule has 1 aliphatic carbocycles. The fourth-order valence-electron chi connectivity index (χ4n) is 4.51. The molecule has 1 heterocycles. The average Bonchev–Trinajstić information content (AvgIpc) is 3.21. The van der Waals surface area contributed by atoms with E-state index in [9.17, 15) is 9.59 Å². The van der Waals surface area contributed by atoms with E-state index in [1.54, 1.807) is 0 Å². The zero-order valence-corrected chi connectivity index (χ0v) is 16.5. The quantitative estimate of drug-likeness (QED) is 0.669. The molecule has 148 valence electrons. The average molecular weight is 371 g/mol. The molecule has 1 aliphatic heterocycles. The van der Waals surface area contributed by atoms with Crippen molar-refractivity contribution in [2.45, 2.75) is 64.2 Å². The molecule has 3 rings (SSSR count). The zero-order chi connectivity index (χ0) is 18.9. The molecule has 0 unspecified atom stereocenters. The highest BCUT2D eigenvalue weighted by molar-refractivity contribution is 5.83. The number of piperidine rings is 1. The van der Waals surface area contributed by atoms with Gasteiger partial charge in [0.2, 0.25) is 11.8 Å². The molecule has 27 heavy (non-hydrogen) atoms. The SMILES string of the molecule is O=C(NCCCC1CCCC1)[C@@H]1CCC(=O)N(CCCc2ccccc2)C1. The predicted molar refractivity (Wildman–Crippen MR) is 108 cm³/mol. The maximum Gasteiger partial charge on any atom is 0.224 e. The maximum absolute atomic E-state index is 12.5. The van der Waals surface area contributed by atoms with Crippen LogP contribution in [0.2, 0.25) is 0 Å².